The van der Waals surface area contributed by atoms with Crippen molar-refractivity contribution in [2.45, 2.75) is 32.2 Å². The van der Waals surface area contributed by atoms with Crippen molar-refractivity contribution in [3.8, 4) is 5.75 Å². The molecule has 0 bridgehead atoms. The van der Waals surface area contributed by atoms with Crippen LogP contribution in [0.25, 0.3) is 5.65 Å². The maximum Gasteiger partial charge on any atom is 0.264 e. The smallest absolute Gasteiger partial charge is 0.264 e. The Bertz CT molecular complexity index is 925. The van der Waals surface area contributed by atoms with Gasteiger partial charge in [0, 0.05) is 12.6 Å². The Labute approximate surface area is 158 Å². The summed E-state index contributed by atoms with van der Waals surface area (Å²) < 4.78 is 7.16. The van der Waals surface area contributed by atoms with Gasteiger partial charge in [0.25, 0.3) is 5.91 Å². The summed E-state index contributed by atoms with van der Waals surface area (Å²) in [7, 11) is 0. The summed E-state index contributed by atoms with van der Waals surface area (Å²) in [6.07, 6.45) is 5.67. The number of carbonyl (C=O) groups is 1. The second-order valence-corrected chi connectivity index (χ2v) is 6.81. The molecule has 4 rings (SSSR count). The Hall–Kier alpha value is -3.09. The first-order valence-corrected chi connectivity index (χ1v) is 9.30. The number of hydrogen-bond acceptors (Lipinski definition) is 5. The fraction of sp³-hybridized carbons (Fsp3) is 0.350. The molecule has 2 aromatic heterocycles. The zero-order valence-corrected chi connectivity index (χ0v) is 15.3. The van der Waals surface area contributed by atoms with E-state index in [1.165, 1.54) is 19.3 Å². The highest BCUT2D eigenvalue weighted by atomic mass is 16.5. The molecule has 0 saturated carbocycles. The third-order valence-corrected chi connectivity index (χ3v) is 4.81. The van der Waals surface area contributed by atoms with Gasteiger partial charge in [0.05, 0.1) is 11.9 Å². The second-order valence-electron chi connectivity index (χ2n) is 6.81. The van der Waals surface area contributed by atoms with Crippen LogP contribution in [0.2, 0.25) is 0 Å². The highest BCUT2D eigenvalue weighted by Gasteiger charge is 2.19. The normalized spacial score (nSPS) is 17.1. The van der Waals surface area contributed by atoms with E-state index in [0.717, 1.165) is 12.2 Å². The van der Waals surface area contributed by atoms with Crippen LogP contribution in [0.3, 0.4) is 0 Å². The van der Waals surface area contributed by atoms with Crippen molar-refractivity contribution < 1.29 is 9.53 Å². The number of hydrogen-bond donors (Lipinski definition) is 1. The number of carbonyl (C=O) groups excluding carboxylic acids is 1. The number of rotatable bonds is 5. The number of nitrogens with one attached hydrogen (secondary N) is 1. The highest BCUT2D eigenvalue weighted by Crippen LogP contribution is 2.24. The Kier molecular flexibility index (Phi) is 4.91. The van der Waals surface area contributed by atoms with Crippen LogP contribution in [-0.4, -0.2) is 39.7 Å². The van der Waals surface area contributed by atoms with Gasteiger partial charge < -0.3 is 9.64 Å². The molecule has 1 aliphatic rings. The summed E-state index contributed by atoms with van der Waals surface area (Å²) in [5.74, 6) is 0.635. The third kappa shape index (κ3) is 4.02. The van der Waals surface area contributed by atoms with Gasteiger partial charge in [-0.25, -0.2) is 4.52 Å². The van der Waals surface area contributed by atoms with Crippen LogP contribution in [0.15, 0.2) is 48.7 Å². The lowest BCUT2D eigenvalue weighted by molar-refractivity contribution is -0.118. The monoisotopic (exact) mass is 365 g/mol. The van der Waals surface area contributed by atoms with Crippen LogP contribution in [0.5, 0.6) is 5.75 Å². The lowest BCUT2D eigenvalue weighted by Gasteiger charge is -2.35. The molecular weight excluding hydrogens is 342 g/mol. The number of piperidine rings is 1. The molecule has 1 N–H and O–H groups in total. The quantitative estimate of drug-likeness (QED) is 0.752. The average molecular weight is 365 g/mol. The number of pyridine rings is 1. The van der Waals surface area contributed by atoms with Gasteiger partial charge in [-0.2, -0.15) is 4.98 Å². The molecule has 1 aliphatic heterocycles. The number of anilines is 2. The first-order valence-electron chi connectivity index (χ1n) is 9.30. The molecule has 1 atom stereocenters. The van der Waals surface area contributed by atoms with Crippen LogP contribution in [0.4, 0.5) is 11.6 Å². The molecule has 1 fully saturated rings. The summed E-state index contributed by atoms with van der Waals surface area (Å²) in [6, 6.07) is 13.7. The molecule has 1 amide bonds. The Morgan fingerprint density at radius 1 is 1.22 bits per heavy atom. The van der Waals surface area contributed by atoms with Crippen LogP contribution in [0.1, 0.15) is 26.2 Å². The van der Waals surface area contributed by atoms with Crippen molar-refractivity contribution in [2.24, 2.45) is 0 Å². The van der Waals surface area contributed by atoms with E-state index in [-0.39, 0.29) is 18.5 Å². The van der Waals surface area contributed by atoms with E-state index in [0.29, 0.717) is 17.4 Å². The maximum absolute atomic E-state index is 12.1. The average Bonchev–Trinajstić information content (AvgIpc) is 3.09. The molecule has 0 radical (unpaired) electrons. The van der Waals surface area contributed by atoms with Crippen molar-refractivity contribution in [1.82, 2.24) is 14.6 Å². The van der Waals surface area contributed by atoms with Gasteiger partial charge in [0.1, 0.15) is 5.75 Å². The van der Waals surface area contributed by atoms with Gasteiger partial charge in [0.2, 0.25) is 5.95 Å². The molecule has 3 aromatic rings. The number of ether oxygens (including phenoxy) is 1. The maximum atomic E-state index is 12.1. The first-order chi connectivity index (χ1) is 13.2. The lowest BCUT2D eigenvalue weighted by Crippen LogP contribution is -2.37. The molecule has 7 heteroatoms. The predicted octanol–water partition coefficient (Wildman–Crippen LogP) is 3.13. The van der Waals surface area contributed by atoms with Gasteiger partial charge in [-0.05, 0) is 50.5 Å². The number of para-hydroxylation sites is 1. The lowest BCUT2D eigenvalue weighted by atomic mass is 10.0. The summed E-state index contributed by atoms with van der Waals surface area (Å²) >= 11 is 0. The first kappa shape index (κ1) is 17.3. The summed E-state index contributed by atoms with van der Waals surface area (Å²) in [5, 5.41) is 7.07. The van der Waals surface area contributed by atoms with Crippen molar-refractivity contribution in [3.05, 3.63) is 48.7 Å². The minimum Gasteiger partial charge on any atom is -0.484 e. The molecule has 0 aliphatic carbocycles. The van der Waals surface area contributed by atoms with Crippen LogP contribution in [0, 0.1) is 0 Å². The molecular formula is C20H23N5O2. The largest absolute Gasteiger partial charge is 0.484 e. The predicted molar refractivity (Wildman–Crippen MR) is 104 cm³/mol. The zero-order valence-electron chi connectivity index (χ0n) is 15.3. The minimum atomic E-state index is -0.292. The molecule has 1 saturated heterocycles. The van der Waals surface area contributed by atoms with Gasteiger partial charge in [-0.15, -0.1) is 5.10 Å². The molecule has 140 valence electrons. The van der Waals surface area contributed by atoms with Crippen molar-refractivity contribution in [3.63, 3.8) is 0 Å². The number of amides is 1. The summed E-state index contributed by atoms with van der Waals surface area (Å²) in [5.41, 5.74) is 1.83. The molecule has 27 heavy (non-hydrogen) atoms. The van der Waals surface area contributed by atoms with Gasteiger partial charge in [-0.1, -0.05) is 18.2 Å². The molecule has 7 nitrogen and oxygen atoms in total. The highest BCUT2D eigenvalue weighted by molar-refractivity contribution is 5.90. The second kappa shape index (κ2) is 7.65. The van der Waals surface area contributed by atoms with Crippen LogP contribution in [-0.2, 0) is 4.79 Å². The Morgan fingerprint density at radius 2 is 2.07 bits per heavy atom. The molecule has 0 spiro atoms. The van der Waals surface area contributed by atoms with E-state index in [1.807, 2.05) is 30.5 Å². The molecule has 3 heterocycles. The third-order valence-electron chi connectivity index (χ3n) is 4.81. The number of fused-ring (bicyclic) bond motifs is 1. The SMILES string of the molecule is CC1CCCCN1c1ccc2nc(NC(=O)COc3ccccc3)nn2c1. The van der Waals surface area contributed by atoms with Crippen LogP contribution < -0.4 is 15.0 Å². The minimum absolute atomic E-state index is 0.0872. The van der Waals surface area contributed by atoms with E-state index in [1.54, 1.807) is 16.6 Å². The van der Waals surface area contributed by atoms with Crippen molar-refractivity contribution in [2.75, 3.05) is 23.4 Å². The molecule has 1 aromatic carbocycles. The number of aromatic nitrogens is 3. The van der Waals surface area contributed by atoms with E-state index < -0.39 is 0 Å². The topological polar surface area (TPSA) is 71.8 Å². The summed E-state index contributed by atoms with van der Waals surface area (Å²) in [4.78, 5) is 18.8. The molecule has 1 unspecified atom stereocenters. The van der Waals surface area contributed by atoms with Gasteiger partial charge in [0.15, 0.2) is 12.3 Å². The standard InChI is InChI=1S/C20H23N5O2/c1-15-7-5-6-12-24(15)16-10-11-18-21-20(23-25(18)13-16)22-19(26)14-27-17-8-3-2-4-9-17/h2-4,8-11,13,15H,5-7,12,14H2,1H3,(H,22,23,26). The fourth-order valence-corrected chi connectivity index (χ4v) is 3.40. The number of nitrogens with zero attached hydrogens (tertiary/aromatic N) is 4. The van der Waals surface area contributed by atoms with E-state index in [4.69, 9.17) is 4.74 Å². The van der Waals surface area contributed by atoms with Gasteiger partial charge in [-0.3, -0.25) is 10.1 Å². The van der Waals surface area contributed by atoms with E-state index >= 15 is 0 Å². The Balaban J connectivity index is 1.43. The summed E-state index contributed by atoms with van der Waals surface area (Å²) in [6.45, 7) is 3.22. The van der Waals surface area contributed by atoms with E-state index in [2.05, 4.69) is 33.3 Å². The zero-order chi connectivity index (χ0) is 18.6. The van der Waals surface area contributed by atoms with Crippen LogP contribution >= 0.6 is 0 Å². The number of benzene rings is 1. The Morgan fingerprint density at radius 3 is 2.89 bits per heavy atom. The fourth-order valence-electron chi connectivity index (χ4n) is 3.40. The van der Waals surface area contributed by atoms with E-state index in [9.17, 15) is 4.79 Å². The van der Waals surface area contributed by atoms with Gasteiger partial charge >= 0.3 is 0 Å². The van der Waals surface area contributed by atoms with Crippen molar-refractivity contribution in [1.29, 1.82) is 0 Å². The van der Waals surface area contributed by atoms with Crippen molar-refractivity contribution >= 4 is 23.2 Å².